The third-order valence-corrected chi connectivity index (χ3v) is 13.8. The van der Waals surface area contributed by atoms with Crippen LogP contribution in [-0.4, -0.2) is 121 Å². The largest absolute Gasteiger partial charge is 0.454 e. The van der Waals surface area contributed by atoms with Gasteiger partial charge in [0, 0.05) is 6.42 Å². The standard InChI is InChI=1S/C32H60O13Si/c1-11-12-13-14-15-16-21(34)40-25-23(36)22(35)19(17-33)39-29(25)41-28(37)27-26(44-32(7,8)45-27)24-20(42-31(5,6)43-24)18-38-46(9,10)30(2,3)4/h19-20,22-29,33,35-37H,11-18H2,1-10H3/t19-,20-,22-,23+,24+,25+,26+,27-,28?,29+/m1/s1. The van der Waals surface area contributed by atoms with Gasteiger partial charge in [0.2, 0.25) is 6.29 Å². The highest BCUT2D eigenvalue weighted by Crippen LogP contribution is 2.42. The second-order valence-corrected chi connectivity index (χ2v) is 19.9. The molecule has 0 aromatic rings. The third kappa shape index (κ3) is 10.1. The van der Waals surface area contributed by atoms with Gasteiger partial charge >= 0.3 is 5.97 Å². The summed E-state index contributed by atoms with van der Waals surface area (Å²) in [4.78, 5) is 12.7. The maximum Gasteiger partial charge on any atom is 0.306 e. The number of aliphatic hydroxyl groups is 4. The van der Waals surface area contributed by atoms with Crippen LogP contribution in [0.15, 0.2) is 0 Å². The lowest BCUT2D eigenvalue weighted by Crippen LogP contribution is -2.61. The summed E-state index contributed by atoms with van der Waals surface area (Å²) in [6.07, 6.45) is -7.87. The number of rotatable bonds is 15. The van der Waals surface area contributed by atoms with Gasteiger partial charge in [-0.3, -0.25) is 4.79 Å². The first kappa shape index (κ1) is 39.7. The molecule has 0 spiro atoms. The highest BCUT2D eigenvalue weighted by molar-refractivity contribution is 6.74. The van der Waals surface area contributed by atoms with Crippen molar-refractivity contribution in [1.29, 1.82) is 0 Å². The minimum absolute atomic E-state index is 0.0291. The molecular weight excluding hydrogens is 620 g/mol. The Morgan fingerprint density at radius 1 is 0.891 bits per heavy atom. The summed E-state index contributed by atoms with van der Waals surface area (Å²) in [5.74, 6) is -2.74. The quantitative estimate of drug-likeness (QED) is 0.0862. The van der Waals surface area contributed by atoms with Gasteiger partial charge in [0.05, 0.1) is 13.2 Å². The number of aliphatic hydroxyl groups excluding tert-OH is 4. The highest BCUT2D eigenvalue weighted by Gasteiger charge is 2.57. The molecule has 3 aliphatic heterocycles. The van der Waals surface area contributed by atoms with E-state index in [1.807, 2.05) is 0 Å². The van der Waals surface area contributed by atoms with Crippen molar-refractivity contribution >= 4 is 14.3 Å². The normalized spacial score (nSPS) is 35.3. The van der Waals surface area contributed by atoms with Crippen molar-refractivity contribution in [3.8, 4) is 0 Å². The predicted molar refractivity (Wildman–Crippen MR) is 169 cm³/mol. The Balaban J connectivity index is 1.78. The Hall–Kier alpha value is -0.753. The van der Waals surface area contributed by atoms with E-state index < -0.39 is 93.9 Å². The second-order valence-electron chi connectivity index (χ2n) is 15.1. The molecule has 0 aromatic heterocycles. The van der Waals surface area contributed by atoms with Crippen LogP contribution in [0.25, 0.3) is 0 Å². The van der Waals surface area contributed by atoms with Gasteiger partial charge in [0.1, 0.15) is 42.7 Å². The first-order chi connectivity index (χ1) is 21.2. The number of esters is 1. The van der Waals surface area contributed by atoms with E-state index in [0.717, 1.165) is 25.7 Å². The summed E-state index contributed by atoms with van der Waals surface area (Å²) in [5, 5.41) is 42.6. The van der Waals surface area contributed by atoms with Crippen LogP contribution < -0.4 is 0 Å². The molecule has 4 N–H and O–H groups in total. The van der Waals surface area contributed by atoms with E-state index >= 15 is 0 Å². The average molecular weight is 681 g/mol. The average Bonchev–Trinajstić information content (AvgIpc) is 3.44. The van der Waals surface area contributed by atoms with Crippen LogP contribution >= 0.6 is 0 Å². The van der Waals surface area contributed by atoms with Gasteiger partial charge in [-0.1, -0.05) is 53.4 Å². The van der Waals surface area contributed by atoms with Crippen molar-refractivity contribution in [2.75, 3.05) is 13.2 Å². The molecule has 3 saturated heterocycles. The predicted octanol–water partition coefficient (Wildman–Crippen LogP) is 3.09. The van der Waals surface area contributed by atoms with Gasteiger partial charge in [0.25, 0.3) is 0 Å². The molecule has 1 unspecified atom stereocenters. The Kier molecular flexibility index (Phi) is 13.7. The Bertz CT molecular complexity index is 970. The fraction of sp³-hybridized carbons (Fsp3) is 0.969. The van der Waals surface area contributed by atoms with Gasteiger partial charge in [0.15, 0.2) is 32.3 Å². The molecule has 13 nitrogen and oxygen atoms in total. The van der Waals surface area contributed by atoms with Crippen LogP contribution in [0.2, 0.25) is 18.1 Å². The zero-order valence-electron chi connectivity index (χ0n) is 29.4. The van der Waals surface area contributed by atoms with Crippen molar-refractivity contribution in [1.82, 2.24) is 0 Å². The maximum atomic E-state index is 12.7. The van der Waals surface area contributed by atoms with Gasteiger partial charge in [-0.2, -0.15) is 0 Å². The molecular formula is C32H60O13Si. The van der Waals surface area contributed by atoms with E-state index in [1.54, 1.807) is 27.7 Å². The van der Waals surface area contributed by atoms with Crippen LogP contribution in [0.3, 0.4) is 0 Å². The lowest BCUT2D eigenvalue weighted by molar-refractivity contribution is -0.345. The van der Waals surface area contributed by atoms with Crippen LogP contribution in [0.1, 0.15) is 93.9 Å². The summed E-state index contributed by atoms with van der Waals surface area (Å²) in [6.45, 7) is 19.4. The van der Waals surface area contributed by atoms with Gasteiger partial charge in [-0.25, -0.2) is 0 Å². The van der Waals surface area contributed by atoms with Crippen molar-refractivity contribution in [3.05, 3.63) is 0 Å². The zero-order valence-corrected chi connectivity index (χ0v) is 30.4. The van der Waals surface area contributed by atoms with Crippen molar-refractivity contribution in [3.63, 3.8) is 0 Å². The molecule has 3 fully saturated rings. The molecule has 0 saturated carbocycles. The smallest absolute Gasteiger partial charge is 0.306 e. The SMILES string of the molecule is CCCCCCCC(=O)O[C@@H]1[C@H](OC(O)[C@@H]2OC(C)(C)O[C@H]2[C@H]2OC(C)(C)O[C@@H]2CO[Si](C)(C)C(C)(C)C)O[C@H](CO)[C@@H](O)[C@@H]1O. The second kappa shape index (κ2) is 15.9. The van der Waals surface area contributed by atoms with Crippen LogP contribution in [0, 0.1) is 0 Å². The minimum Gasteiger partial charge on any atom is -0.454 e. The van der Waals surface area contributed by atoms with E-state index in [2.05, 4.69) is 40.8 Å². The van der Waals surface area contributed by atoms with Crippen molar-refractivity contribution < 1.29 is 62.8 Å². The van der Waals surface area contributed by atoms with Crippen LogP contribution in [0.5, 0.6) is 0 Å². The summed E-state index contributed by atoms with van der Waals surface area (Å²) >= 11 is 0. The molecule has 46 heavy (non-hydrogen) atoms. The molecule has 270 valence electrons. The Morgan fingerprint density at radius 3 is 2.11 bits per heavy atom. The van der Waals surface area contributed by atoms with Crippen molar-refractivity contribution in [2.45, 2.75) is 185 Å². The topological polar surface area (TPSA) is 172 Å². The molecule has 3 aliphatic rings. The van der Waals surface area contributed by atoms with Crippen LogP contribution in [0.4, 0.5) is 0 Å². The molecule has 3 rings (SSSR count). The number of hydrogen-bond acceptors (Lipinski definition) is 13. The highest BCUT2D eigenvalue weighted by atomic mass is 28.4. The lowest BCUT2D eigenvalue weighted by Gasteiger charge is -2.42. The molecule has 3 heterocycles. The number of hydrogen-bond donors (Lipinski definition) is 4. The number of carbonyl (C=O) groups excluding carboxylic acids is 1. The summed E-state index contributed by atoms with van der Waals surface area (Å²) in [6, 6.07) is 0. The van der Waals surface area contributed by atoms with Gasteiger partial charge < -0.3 is 58.0 Å². The molecule has 0 bridgehead atoms. The molecule has 0 amide bonds. The first-order valence-corrected chi connectivity index (χ1v) is 19.6. The van der Waals surface area contributed by atoms with E-state index in [1.165, 1.54) is 0 Å². The third-order valence-electron chi connectivity index (χ3n) is 9.25. The monoisotopic (exact) mass is 680 g/mol. The van der Waals surface area contributed by atoms with E-state index in [9.17, 15) is 25.2 Å². The van der Waals surface area contributed by atoms with Crippen LogP contribution in [-0.2, 0) is 42.4 Å². The minimum atomic E-state index is -2.15. The van der Waals surface area contributed by atoms with Gasteiger partial charge in [-0.05, 0) is 52.2 Å². The Labute approximate surface area is 275 Å². The molecule has 10 atom stereocenters. The molecule has 0 aromatic carbocycles. The van der Waals surface area contributed by atoms with Crippen molar-refractivity contribution in [2.24, 2.45) is 0 Å². The fourth-order valence-corrected chi connectivity index (χ4v) is 6.67. The fourth-order valence-electron chi connectivity index (χ4n) is 5.66. The number of ether oxygens (including phenoxy) is 7. The first-order valence-electron chi connectivity index (χ1n) is 16.7. The van der Waals surface area contributed by atoms with E-state index in [0.29, 0.717) is 6.42 Å². The summed E-state index contributed by atoms with van der Waals surface area (Å²) in [7, 11) is -2.15. The van der Waals surface area contributed by atoms with E-state index in [4.69, 9.17) is 37.6 Å². The maximum absolute atomic E-state index is 12.7. The summed E-state index contributed by atoms with van der Waals surface area (Å²) in [5.41, 5.74) is 0. The number of carbonyl (C=O) groups is 1. The molecule has 0 radical (unpaired) electrons. The number of unbranched alkanes of at least 4 members (excludes halogenated alkanes) is 4. The van der Waals surface area contributed by atoms with Gasteiger partial charge in [-0.15, -0.1) is 0 Å². The van der Waals surface area contributed by atoms with E-state index in [-0.39, 0.29) is 18.1 Å². The molecule has 0 aliphatic carbocycles. The lowest BCUT2D eigenvalue weighted by atomic mass is 9.98. The Morgan fingerprint density at radius 2 is 1.50 bits per heavy atom. The zero-order chi connectivity index (χ0) is 34.7. The molecule has 14 heteroatoms. The summed E-state index contributed by atoms with van der Waals surface area (Å²) < 4.78 is 48.5.